The summed E-state index contributed by atoms with van der Waals surface area (Å²) in [6.45, 7) is 3.04. The van der Waals surface area contributed by atoms with Crippen molar-refractivity contribution in [2.24, 2.45) is 0 Å². The van der Waals surface area contributed by atoms with Gasteiger partial charge < -0.3 is 15.1 Å². The van der Waals surface area contributed by atoms with E-state index in [4.69, 9.17) is 5.11 Å². The molecule has 0 unspecified atom stereocenters. The molecule has 1 aromatic rings. The predicted octanol–water partition coefficient (Wildman–Crippen LogP) is 2.09. The van der Waals surface area contributed by atoms with Crippen LogP contribution in [0.1, 0.15) is 24.2 Å². The molecule has 0 heterocycles. The highest BCUT2D eigenvalue weighted by Gasteiger charge is 2.23. The van der Waals surface area contributed by atoms with Crippen molar-refractivity contribution in [1.29, 1.82) is 0 Å². The van der Waals surface area contributed by atoms with Crippen LogP contribution in [0, 0.1) is 0 Å². The Bertz CT molecular complexity index is 473. The zero-order chi connectivity index (χ0) is 13.9. The number of aromatic hydroxyl groups is 1. The molecular weight excluding hydrogens is 302 g/mol. The lowest BCUT2D eigenvalue weighted by atomic mass is 10.1. The van der Waals surface area contributed by atoms with Crippen molar-refractivity contribution >= 4 is 27.8 Å². The van der Waals surface area contributed by atoms with Crippen molar-refractivity contribution in [2.75, 3.05) is 6.54 Å². The lowest BCUT2D eigenvalue weighted by molar-refractivity contribution is -0.138. The number of phenols is 1. The van der Waals surface area contributed by atoms with Gasteiger partial charge in [0.25, 0.3) is 5.91 Å². The number of aliphatic carboxylic acids is 1. The molecule has 1 aromatic carbocycles. The number of halogens is 1. The number of carbonyl (C=O) groups is 2. The zero-order valence-electron chi connectivity index (χ0n) is 10.1. The van der Waals surface area contributed by atoms with Crippen LogP contribution in [0.15, 0.2) is 22.7 Å². The molecule has 0 fully saturated rings. The van der Waals surface area contributed by atoms with Gasteiger partial charge in [-0.05, 0) is 32.0 Å². The van der Waals surface area contributed by atoms with E-state index in [1.54, 1.807) is 19.9 Å². The molecule has 0 radical (unpaired) electrons. The highest BCUT2D eigenvalue weighted by atomic mass is 79.9. The first-order chi connectivity index (χ1) is 8.32. The Kier molecular flexibility index (Phi) is 4.72. The van der Waals surface area contributed by atoms with Gasteiger partial charge in [-0.2, -0.15) is 0 Å². The number of benzene rings is 1. The maximum atomic E-state index is 12.2. The van der Waals surface area contributed by atoms with E-state index in [2.05, 4.69) is 15.9 Å². The Hall–Kier alpha value is -1.56. The summed E-state index contributed by atoms with van der Waals surface area (Å²) in [6, 6.07) is 4.18. The number of nitrogens with zero attached hydrogens (tertiary/aromatic N) is 1. The van der Waals surface area contributed by atoms with Crippen LogP contribution in [-0.2, 0) is 4.79 Å². The van der Waals surface area contributed by atoms with E-state index in [9.17, 15) is 14.7 Å². The van der Waals surface area contributed by atoms with Crippen LogP contribution in [0.3, 0.4) is 0 Å². The Balaban J connectivity index is 3.09. The summed E-state index contributed by atoms with van der Waals surface area (Å²) < 4.78 is 0.641. The van der Waals surface area contributed by atoms with Gasteiger partial charge in [-0.15, -0.1) is 0 Å². The van der Waals surface area contributed by atoms with E-state index >= 15 is 0 Å². The van der Waals surface area contributed by atoms with E-state index in [-0.39, 0.29) is 17.4 Å². The molecule has 0 aromatic heterocycles. The highest BCUT2D eigenvalue weighted by molar-refractivity contribution is 9.10. The van der Waals surface area contributed by atoms with Gasteiger partial charge in [0.1, 0.15) is 12.3 Å². The quantitative estimate of drug-likeness (QED) is 0.891. The minimum absolute atomic E-state index is 0.0827. The van der Waals surface area contributed by atoms with Crippen molar-refractivity contribution in [3.63, 3.8) is 0 Å². The summed E-state index contributed by atoms with van der Waals surface area (Å²) in [4.78, 5) is 24.1. The summed E-state index contributed by atoms with van der Waals surface area (Å²) in [7, 11) is 0. The van der Waals surface area contributed by atoms with Crippen LogP contribution < -0.4 is 0 Å². The summed E-state index contributed by atoms with van der Waals surface area (Å²) in [5.74, 6) is -1.77. The van der Waals surface area contributed by atoms with Gasteiger partial charge in [-0.25, -0.2) is 0 Å². The summed E-state index contributed by atoms with van der Waals surface area (Å²) in [6.07, 6.45) is 0. The number of carboxylic acid groups (broad SMARTS) is 1. The molecule has 0 aliphatic carbocycles. The lowest BCUT2D eigenvalue weighted by Gasteiger charge is -2.25. The van der Waals surface area contributed by atoms with Gasteiger partial charge >= 0.3 is 5.97 Å². The molecule has 0 spiro atoms. The molecule has 1 amide bonds. The fourth-order valence-corrected chi connectivity index (χ4v) is 1.83. The molecule has 0 aliphatic heterocycles. The second kappa shape index (κ2) is 5.86. The monoisotopic (exact) mass is 315 g/mol. The van der Waals surface area contributed by atoms with Crippen molar-refractivity contribution in [1.82, 2.24) is 4.90 Å². The zero-order valence-corrected chi connectivity index (χ0v) is 11.6. The number of amides is 1. The largest absolute Gasteiger partial charge is 0.507 e. The SMILES string of the molecule is CC(C)N(CC(=O)O)C(=O)c1cc(Br)ccc1O. The normalized spacial score (nSPS) is 10.4. The number of hydrogen-bond donors (Lipinski definition) is 2. The Morgan fingerprint density at radius 3 is 2.50 bits per heavy atom. The maximum Gasteiger partial charge on any atom is 0.323 e. The minimum Gasteiger partial charge on any atom is -0.507 e. The van der Waals surface area contributed by atoms with Crippen molar-refractivity contribution in [3.8, 4) is 5.75 Å². The number of phenolic OH excluding ortho intramolecular Hbond substituents is 1. The smallest absolute Gasteiger partial charge is 0.323 e. The molecule has 18 heavy (non-hydrogen) atoms. The first-order valence-corrected chi connectivity index (χ1v) is 6.13. The third-order valence-corrected chi connectivity index (χ3v) is 2.87. The predicted molar refractivity (Wildman–Crippen MR) is 69.6 cm³/mol. The van der Waals surface area contributed by atoms with Crippen molar-refractivity contribution < 1.29 is 19.8 Å². The Morgan fingerprint density at radius 1 is 1.39 bits per heavy atom. The van der Waals surface area contributed by atoms with E-state index in [0.717, 1.165) is 0 Å². The third kappa shape index (κ3) is 3.46. The molecule has 98 valence electrons. The first-order valence-electron chi connectivity index (χ1n) is 5.34. The Morgan fingerprint density at radius 2 is 2.00 bits per heavy atom. The average Bonchev–Trinajstić information content (AvgIpc) is 2.27. The van der Waals surface area contributed by atoms with Gasteiger partial charge in [-0.1, -0.05) is 15.9 Å². The molecule has 6 heteroatoms. The number of carbonyl (C=O) groups excluding carboxylic acids is 1. The van der Waals surface area contributed by atoms with E-state index in [1.807, 2.05) is 0 Å². The summed E-state index contributed by atoms with van der Waals surface area (Å²) in [5.41, 5.74) is 0.0827. The topological polar surface area (TPSA) is 77.8 Å². The van der Waals surface area contributed by atoms with Crippen LogP contribution in [0.5, 0.6) is 5.75 Å². The van der Waals surface area contributed by atoms with Crippen molar-refractivity contribution in [2.45, 2.75) is 19.9 Å². The Labute approximate surface area is 113 Å². The van der Waals surface area contributed by atoms with E-state index < -0.39 is 18.4 Å². The molecule has 1 rings (SSSR count). The fraction of sp³-hybridized carbons (Fsp3) is 0.333. The molecule has 0 saturated carbocycles. The van der Waals surface area contributed by atoms with Crippen LogP contribution >= 0.6 is 15.9 Å². The molecule has 0 saturated heterocycles. The van der Waals surface area contributed by atoms with Crippen LogP contribution in [0.4, 0.5) is 0 Å². The molecular formula is C12H14BrNO4. The fourth-order valence-electron chi connectivity index (χ4n) is 1.47. The summed E-state index contributed by atoms with van der Waals surface area (Å²) >= 11 is 3.20. The molecule has 0 atom stereocenters. The second-order valence-corrected chi connectivity index (χ2v) is 5.00. The van der Waals surface area contributed by atoms with Crippen LogP contribution in [-0.4, -0.2) is 39.6 Å². The van der Waals surface area contributed by atoms with Gasteiger partial charge in [0, 0.05) is 10.5 Å². The second-order valence-electron chi connectivity index (χ2n) is 4.08. The van der Waals surface area contributed by atoms with Crippen LogP contribution in [0.2, 0.25) is 0 Å². The lowest BCUT2D eigenvalue weighted by Crippen LogP contribution is -2.40. The van der Waals surface area contributed by atoms with Gasteiger partial charge in [-0.3, -0.25) is 9.59 Å². The first kappa shape index (κ1) is 14.5. The third-order valence-electron chi connectivity index (χ3n) is 2.38. The van der Waals surface area contributed by atoms with Gasteiger partial charge in [0.15, 0.2) is 0 Å². The van der Waals surface area contributed by atoms with E-state index in [0.29, 0.717) is 4.47 Å². The highest BCUT2D eigenvalue weighted by Crippen LogP contribution is 2.23. The van der Waals surface area contributed by atoms with Crippen LogP contribution in [0.25, 0.3) is 0 Å². The van der Waals surface area contributed by atoms with Gasteiger partial charge in [0.2, 0.25) is 0 Å². The molecule has 5 nitrogen and oxygen atoms in total. The number of rotatable bonds is 4. The molecule has 0 aliphatic rings. The average molecular weight is 316 g/mol. The summed E-state index contributed by atoms with van der Waals surface area (Å²) in [5, 5.41) is 18.4. The van der Waals surface area contributed by atoms with E-state index in [1.165, 1.54) is 17.0 Å². The number of hydrogen-bond acceptors (Lipinski definition) is 3. The molecule has 0 bridgehead atoms. The minimum atomic E-state index is -1.09. The van der Waals surface area contributed by atoms with Crippen molar-refractivity contribution in [3.05, 3.63) is 28.2 Å². The standard InChI is InChI=1S/C12H14BrNO4/c1-7(2)14(6-11(16)17)12(18)9-5-8(13)3-4-10(9)15/h3-5,7,15H,6H2,1-2H3,(H,16,17). The number of carboxylic acids is 1. The molecule has 2 N–H and O–H groups in total. The maximum absolute atomic E-state index is 12.2. The van der Waals surface area contributed by atoms with Gasteiger partial charge in [0.05, 0.1) is 5.56 Å².